The molecule has 0 N–H and O–H groups in total. The quantitative estimate of drug-likeness (QED) is 0.120. The van der Waals surface area contributed by atoms with Crippen molar-refractivity contribution in [3.8, 4) is 16.2 Å². The highest BCUT2D eigenvalue weighted by molar-refractivity contribution is 7.13. The molecule has 0 atom stereocenters. The topological polar surface area (TPSA) is 48.0 Å². The molecule has 0 unspecified atom stereocenters. The smallest absolute Gasteiger partial charge is 0.410 e. The largest absolute Gasteiger partial charge is 0.492 e. The molecule has 0 aliphatic carbocycles. The fraction of sp³-hybridized carbons (Fsp3) is 0.361. The summed E-state index contributed by atoms with van der Waals surface area (Å²) < 4.78 is 18.8. The van der Waals surface area contributed by atoms with Crippen LogP contribution in [0.2, 0.25) is 5.04 Å². The fourth-order valence-electron chi connectivity index (χ4n) is 5.30. The van der Waals surface area contributed by atoms with Gasteiger partial charge < -0.3 is 18.8 Å². The highest BCUT2D eigenvalue weighted by Crippen LogP contribution is 2.36. The number of hydrogen-bond donors (Lipinski definition) is 0. The van der Waals surface area contributed by atoms with E-state index >= 15 is 0 Å². The minimum absolute atomic E-state index is 0.104. The van der Waals surface area contributed by atoms with Gasteiger partial charge in [0.15, 0.2) is 0 Å². The van der Waals surface area contributed by atoms with Crippen LogP contribution in [-0.4, -0.2) is 51.2 Å². The summed E-state index contributed by atoms with van der Waals surface area (Å²) in [4.78, 5) is 16.1. The van der Waals surface area contributed by atoms with Crippen LogP contribution in [-0.2, 0) is 9.16 Å². The van der Waals surface area contributed by atoms with Gasteiger partial charge in [-0.05, 0) is 83.9 Å². The van der Waals surface area contributed by atoms with Gasteiger partial charge in [-0.15, -0.1) is 11.3 Å². The molecule has 0 saturated carbocycles. The van der Waals surface area contributed by atoms with E-state index in [2.05, 4.69) is 111 Å². The summed E-state index contributed by atoms with van der Waals surface area (Å²) >= 11 is 1.71. The maximum atomic E-state index is 13.2. The molecule has 0 spiro atoms. The van der Waals surface area contributed by atoms with Crippen LogP contribution in [0.1, 0.15) is 48.0 Å². The van der Waals surface area contributed by atoms with Crippen LogP contribution in [0.3, 0.4) is 0 Å². The Balaban J connectivity index is 1.43. The Hall–Kier alpha value is -3.39. The van der Waals surface area contributed by atoms with Crippen molar-refractivity contribution >= 4 is 36.1 Å². The van der Waals surface area contributed by atoms with Crippen LogP contribution >= 0.6 is 11.3 Å². The number of carbonyl (C=O) groups is 1. The molecule has 228 valence electrons. The van der Waals surface area contributed by atoms with Gasteiger partial charge in [0.05, 0.1) is 6.54 Å². The van der Waals surface area contributed by atoms with E-state index in [1.165, 1.54) is 20.8 Å². The van der Waals surface area contributed by atoms with Crippen LogP contribution in [0.4, 0.5) is 4.79 Å². The lowest BCUT2D eigenvalue weighted by Gasteiger charge is -2.43. The van der Waals surface area contributed by atoms with Gasteiger partial charge in [-0.1, -0.05) is 87.5 Å². The number of amides is 1. The zero-order valence-corrected chi connectivity index (χ0v) is 28.2. The summed E-state index contributed by atoms with van der Waals surface area (Å²) in [6.45, 7) is 14.3. The number of benzene rings is 3. The standard InChI is InChI=1S/C36H45NO4SSi/c1-35(2,3)41-34(38)37(25-27-39-30-22-20-29(21-23-30)33-19-13-28-42-33)24-14-26-40-43(36(4,5)6,31-15-9-7-10-16-31)32-17-11-8-12-18-32/h7-13,15-23,28H,14,24-27H2,1-6H3. The number of thiophene rings is 1. The van der Waals surface area contributed by atoms with E-state index < -0.39 is 13.9 Å². The molecule has 0 saturated heterocycles. The van der Waals surface area contributed by atoms with Crippen LogP contribution in [0.15, 0.2) is 102 Å². The number of ether oxygens (including phenoxy) is 2. The molecule has 0 aliphatic rings. The van der Waals surface area contributed by atoms with E-state index in [-0.39, 0.29) is 11.1 Å². The van der Waals surface area contributed by atoms with Crippen molar-refractivity contribution in [2.75, 3.05) is 26.3 Å². The Bertz CT molecular complexity index is 1360. The molecule has 0 aliphatic heterocycles. The number of hydrogen-bond acceptors (Lipinski definition) is 5. The second kappa shape index (κ2) is 14.4. The predicted molar refractivity (Wildman–Crippen MR) is 181 cm³/mol. The lowest BCUT2D eigenvalue weighted by atomic mass is 10.2. The molecule has 43 heavy (non-hydrogen) atoms. The van der Waals surface area contributed by atoms with Crippen molar-refractivity contribution in [1.82, 2.24) is 4.90 Å². The molecular weight excluding hydrogens is 571 g/mol. The summed E-state index contributed by atoms with van der Waals surface area (Å²) in [6, 6.07) is 33.5. The Morgan fingerprint density at radius 3 is 1.86 bits per heavy atom. The first-order chi connectivity index (χ1) is 20.5. The first kappa shape index (κ1) is 32.5. The van der Waals surface area contributed by atoms with E-state index in [0.29, 0.717) is 32.7 Å². The number of carbonyl (C=O) groups excluding carboxylic acids is 1. The highest BCUT2D eigenvalue weighted by atomic mass is 32.1. The fourth-order valence-corrected chi connectivity index (χ4v) is 10.6. The third-order valence-corrected chi connectivity index (χ3v) is 13.2. The molecular formula is C36H45NO4SSi. The van der Waals surface area contributed by atoms with Gasteiger partial charge in [0, 0.05) is 18.0 Å². The Labute approximate surface area is 262 Å². The van der Waals surface area contributed by atoms with Crippen LogP contribution in [0, 0.1) is 0 Å². The van der Waals surface area contributed by atoms with Gasteiger partial charge in [0.2, 0.25) is 0 Å². The molecule has 1 heterocycles. The number of nitrogens with zero attached hydrogens (tertiary/aromatic N) is 1. The average molecular weight is 616 g/mol. The monoisotopic (exact) mass is 615 g/mol. The summed E-state index contributed by atoms with van der Waals surface area (Å²) in [6.07, 6.45) is 0.341. The lowest BCUT2D eigenvalue weighted by Crippen LogP contribution is -2.66. The van der Waals surface area contributed by atoms with Crippen LogP contribution in [0.25, 0.3) is 10.4 Å². The number of rotatable bonds is 12. The molecule has 3 aromatic carbocycles. The molecule has 4 aromatic rings. The average Bonchev–Trinajstić information content (AvgIpc) is 3.51. The van der Waals surface area contributed by atoms with Crippen LogP contribution in [0.5, 0.6) is 5.75 Å². The van der Waals surface area contributed by atoms with Gasteiger partial charge in [-0.3, -0.25) is 0 Å². The SMILES string of the molecule is CC(C)(C)OC(=O)N(CCCO[Si](c1ccccc1)(c1ccccc1)C(C)(C)C)CCOc1ccc(-c2cccs2)cc1. The zero-order chi connectivity index (χ0) is 30.9. The molecule has 0 radical (unpaired) electrons. The van der Waals surface area contributed by atoms with E-state index in [9.17, 15) is 4.79 Å². The summed E-state index contributed by atoms with van der Waals surface area (Å²) in [5, 5.41) is 4.46. The van der Waals surface area contributed by atoms with Crippen molar-refractivity contribution < 1.29 is 18.7 Å². The summed E-state index contributed by atoms with van der Waals surface area (Å²) in [7, 11) is -2.64. The van der Waals surface area contributed by atoms with Crippen molar-refractivity contribution in [2.24, 2.45) is 0 Å². The molecule has 0 bridgehead atoms. The minimum atomic E-state index is -2.64. The van der Waals surface area contributed by atoms with Gasteiger partial charge in [0.25, 0.3) is 8.32 Å². The first-order valence-electron chi connectivity index (χ1n) is 15.0. The highest BCUT2D eigenvalue weighted by Gasteiger charge is 2.50. The molecule has 0 fully saturated rings. The molecule has 4 rings (SSSR count). The summed E-state index contributed by atoms with van der Waals surface area (Å²) in [5.41, 5.74) is 0.581. The Morgan fingerprint density at radius 2 is 1.35 bits per heavy atom. The molecule has 7 heteroatoms. The third kappa shape index (κ3) is 8.59. The van der Waals surface area contributed by atoms with Gasteiger partial charge in [-0.2, -0.15) is 0 Å². The lowest BCUT2D eigenvalue weighted by molar-refractivity contribution is 0.0217. The van der Waals surface area contributed by atoms with E-state index in [1.807, 2.05) is 32.9 Å². The molecule has 5 nitrogen and oxygen atoms in total. The van der Waals surface area contributed by atoms with Gasteiger partial charge >= 0.3 is 6.09 Å². The normalized spacial score (nSPS) is 12.1. The zero-order valence-electron chi connectivity index (χ0n) is 26.3. The second-order valence-corrected chi connectivity index (χ2v) is 17.9. The van der Waals surface area contributed by atoms with Crippen LogP contribution < -0.4 is 15.1 Å². The van der Waals surface area contributed by atoms with Crippen molar-refractivity contribution in [3.63, 3.8) is 0 Å². The van der Waals surface area contributed by atoms with Gasteiger partial charge in [0.1, 0.15) is 18.0 Å². The van der Waals surface area contributed by atoms with Gasteiger partial charge in [-0.25, -0.2) is 4.79 Å². The first-order valence-corrected chi connectivity index (χ1v) is 17.8. The van der Waals surface area contributed by atoms with E-state index in [1.54, 1.807) is 16.2 Å². The molecule has 1 aromatic heterocycles. The van der Waals surface area contributed by atoms with Crippen molar-refractivity contribution in [3.05, 3.63) is 102 Å². The maximum absolute atomic E-state index is 13.2. The minimum Gasteiger partial charge on any atom is -0.492 e. The Morgan fingerprint density at radius 1 is 0.744 bits per heavy atom. The summed E-state index contributed by atoms with van der Waals surface area (Å²) in [5.74, 6) is 0.777. The predicted octanol–water partition coefficient (Wildman–Crippen LogP) is 8.00. The molecule has 1 amide bonds. The maximum Gasteiger partial charge on any atom is 0.410 e. The van der Waals surface area contributed by atoms with E-state index in [4.69, 9.17) is 13.9 Å². The third-order valence-electron chi connectivity index (χ3n) is 7.25. The van der Waals surface area contributed by atoms with Crippen molar-refractivity contribution in [1.29, 1.82) is 0 Å². The Kier molecular flexibility index (Phi) is 10.9. The second-order valence-electron chi connectivity index (χ2n) is 12.7. The van der Waals surface area contributed by atoms with E-state index in [0.717, 1.165) is 5.75 Å². The van der Waals surface area contributed by atoms with Crippen molar-refractivity contribution in [2.45, 2.75) is 58.6 Å².